The molecular formula is C24H37N3O2. The fraction of sp³-hybridized carbons (Fsp3) is 0.667. The van der Waals surface area contributed by atoms with Crippen LogP contribution in [0.2, 0.25) is 0 Å². The Kier molecular flexibility index (Phi) is 6.99. The SMILES string of the molecule is CC(C)(C)NC(=O)CN1CCC(CNC(=O)C2(c3ccccc3)CCCC2)CC1. The number of rotatable bonds is 6. The van der Waals surface area contributed by atoms with Crippen molar-refractivity contribution in [1.29, 1.82) is 0 Å². The van der Waals surface area contributed by atoms with E-state index in [1.807, 2.05) is 39.0 Å². The maximum atomic E-state index is 13.2. The molecule has 0 atom stereocenters. The van der Waals surface area contributed by atoms with Crippen molar-refractivity contribution in [1.82, 2.24) is 15.5 Å². The lowest BCUT2D eigenvalue weighted by Gasteiger charge is -2.34. The van der Waals surface area contributed by atoms with E-state index in [4.69, 9.17) is 0 Å². The summed E-state index contributed by atoms with van der Waals surface area (Å²) >= 11 is 0. The van der Waals surface area contributed by atoms with Crippen LogP contribution < -0.4 is 10.6 Å². The van der Waals surface area contributed by atoms with Gasteiger partial charge in [0.25, 0.3) is 0 Å². The number of hydrogen-bond donors (Lipinski definition) is 2. The topological polar surface area (TPSA) is 61.4 Å². The van der Waals surface area contributed by atoms with Crippen LogP contribution in [0.4, 0.5) is 0 Å². The Morgan fingerprint density at radius 1 is 1.07 bits per heavy atom. The second kappa shape index (κ2) is 9.29. The minimum Gasteiger partial charge on any atom is -0.355 e. The first-order valence-corrected chi connectivity index (χ1v) is 11.2. The summed E-state index contributed by atoms with van der Waals surface area (Å²) < 4.78 is 0. The van der Waals surface area contributed by atoms with Gasteiger partial charge in [-0.15, -0.1) is 0 Å². The van der Waals surface area contributed by atoms with Crippen LogP contribution in [0.1, 0.15) is 64.9 Å². The average molecular weight is 400 g/mol. The molecule has 1 aliphatic carbocycles. The molecule has 1 aliphatic heterocycles. The molecule has 3 rings (SSSR count). The van der Waals surface area contributed by atoms with E-state index in [9.17, 15) is 9.59 Å². The van der Waals surface area contributed by atoms with Gasteiger partial charge < -0.3 is 10.6 Å². The highest BCUT2D eigenvalue weighted by Crippen LogP contribution is 2.41. The monoisotopic (exact) mass is 399 g/mol. The summed E-state index contributed by atoms with van der Waals surface area (Å²) in [4.78, 5) is 27.5. The zero-order valence-electron chi connectivity index (χ0n) is 18.3. The minimum atomic E-state index is -0.340. The maximum Gasteiger partial charge on any atom is 0.234 e. The third-order valence-corrected chi connectivity index (χ3v) is 6.36. The van der Waals surface area contributed by atoms with Crippen LogP contribution in [0.5, 0.6) is 0 Å². The first kappa shape index (κ1) is 21.8. The molecule has 1 heterocycles. The molecule has 0 unspecified atom stereocenters. The molecular weight excluding hydrogens is 362 g/mol. The third-order valence-electron chi connectivity index (χ3n) is 6.36. The molecule has 0 radical (unpaired) electrons. The van der Waals surface area contributed by atoms with E-state index in [1.54, 1.807) is 0 Å². The molecule has 2 amide bonds. The molecule has 0 bridgehead atoms. The van der Waals surface area contributed by atoms with Crippen LogP contribution >= 0.6 is 0 Å². The lowest BCUT2D eigenvalue weighted by molar-refractivity contribution is -0.127. The van der Waals surface area contributed by atoms with Gasteiger partial charge in [0.1, 0.15) is 0 Å². The van der Waals surface area contributed by atoms with Crippen LogP contribution in [0, 0.1) is 5.92 Å². The van der Waals surface area contributed by atoms with Crippen molar-refractivity contribution < 1.29 is 9.59 Å². The zero-order chi connectivity index (χ0) is 20.9. The van der Waals surface area contributed by atoms with Crippen LogP contribution in [-0.4, -0.2) is 48.4 Å². The van der Waals surface area contributed by atoms with E-state index in [0.717, 1.165) is 63.7 Å². The predicted octanol–water partition coefficient (Wildman–Crippen LogP) is 3.24. The van der Waals surface area contributed by atoms with E-state index >= 15 is 0 Å². The van der Waals surface area contributed by atoms with Gasteiger partial charge in [0.2, 0.25) is 11.8 Å². The van der Waals surface area contributed by atoms with E-state index in [-0.39, 0.29) is 22.8 Å². The summed E-state index contributed by atoms with van der Waals surface area (Å²) in [5.41, 5.74) is 0.636. The van der Waals surface area contributed by atoms with Crippen molar-refractivity contribution in [3.05, 3.63) is 35.9 Å². The summed E-state index contributed by atoms with van der Waals surface area (Å²) in [6.45, 7) is 9.07. The molecule has 29 heavy (non-hydrogen) atoms. The van der Waals surface area contributed by atoms with Crippen molar-refractivity contribution in [2.75, 3.05) is 26.2 Å². The van der Waals surface area contributed by atoms with Crippen molar-refractivity contribution in [2.24, 2.45) is 5.92 Å². The predicted molar refractivity (Wildman–Crippen MR) is 117 cm³/mol. The van der Waals surface area contributed by atoms with Gasteiger partial charge in [-0.1, -0.05) is 43.2 Å². The maximum absolute atomic E-state index is 13.2. The summed E-state index contributed by atoms with van der Waals surface area (Å²) in [5.74, 6) is 0.790. The quantitative estimate of drug-likeness (QED) is 0.772. The van der Waals surface area contributed by atoms with Gasteiger partial charge in [0.05, 0.1) is 12.0 Å². The Morgan fingerprint density at radius 2 is 1.69 bits per heavy atom. The van der Waals surface area contributed by atoms with Crippen molar-refractivity contribution in [3.8, 4) is 0 Å². The number of nitrogens with zero attached hydrogens (tertiary/aromatic N) is 1. The normalized spacial score (nSPS) is 20.4. The molecule has 2 fully saturated rings. The van der Waals surface area contributed by atoms with E-state index in [2.05, 4.69) is 27.7 Å². The fourth-order valence-electron chi connectivity index (χ4n) is 4.80. The van der Waals surface area contributed by atoms with Crippen LogP contribution in [0.25, 0.3) is 0 Å². The Hall–Kier alpha value is -1.88. The van der Waals surface area contributed by atoms with Gasteiger partial charge >= 0.3 is 0 Å². The minimum absolute atomic E-state index is 0.0929. The number of carbonyl (C=O) groups is 2. The van der Waals surface area contributed by atoms with Gasteiger partial charge in [-0.3, -0.25) is 14.5 Å². The summed E-state index contributed by atoms with van der Waals surface area (Å²) in [7, 11) is 0. The Bertz CT molecular complexity index is 682. The lowest BCUT2D eigenvalue weighted by atomic mass is 9.78. The average Bonchev–Trinajstić information content (AvgIpc) is 3.17. The number of likely N-dealkylation sites (tertiary alicyclic amines) is 1. The summed E-state index contributed by atoms with van der Waals surface area (Å²) in [6, 6.07) is 10.3. The molecule has 1 saturated carbocycles. The van der Waals surface area contributed by atoms with Crippen LogP contribution in [0.3, 0.4) is 0 Å². The number of carbonyl (C=O) groups excluding carboxylic acids is 2. The van der Waals surface area contributed by atoms with Gasteiger partial charge in [0, 0.05) is 12.1 Å². The fourth-order valence-corrected chi connectivity index (χ4v) is 4.80. The molecule has 2 N–H and O–H groups in total. The number of piperidine rings is 1. The first-order chi connectivity index (χ1) is 13.8. The van der Waals surface area contributed by atoms with Crippen molar-refractivity contribution in [3.63, 3.8) is 0 Å². The first-order valence-electron chi connectivity index (χ1n) is 11.2. The summed E-state index contributed by atoms with van der Waals surface area (Å²) in [6.07, 6.45) is 6.20. The molecule has 0 aromatic heterocycles. The van der Waals surface area contributed by atoms with E-state index < -0.39 is 0 Å². The molecule has 1 aromatic carbocycles. The van der Waals surface area contributed by atoms with Gasteiger partial charge in [0.15, 0.2) is 0 Å². The lowest BCUT2D eigenvalue weighted by Crippen LogP contribution is -2.49. The van der Waals surface area contributed by atoms with Crippen molar-refractivity contribution in [2.45, 2.75) is 70.3 Å². The molecule has 0 spiro atoms. The largest absolute Gasteiger partial charge is 0.355 e. The Balaban J connectivity index is 1.46. The number of nitrogens with one attached hydrogen (secondary N) is 2. The van der Waals surface area contributed by atoms with Crippen LogP contribution in [0.15, 0.2) is 30.3 Å². The molecule has 1 aromatic rings. The highest BCUT2D eigenvalue weighted by Gasteiger charge is 2.42. The highest BCUT2D eigenvalue weighted by atomic mass is 16.2. The number of amides is 2. The van der Waals surface area contributed by atoms with Crippen LogP contribution in [-0.2, 0) is 15.0 Å². The molecule has 160 valence electrons. The Morgan fingerprint density at radius 3 is 2.28 bits per heavy atom. The van der Waals surface area contributed by atoms with E-state index in [1.165, 1.54) is 0 Å². The van der Waals surface area contributed by atoms with Gasteiger partial charge in [-0.2, -0.15) is 0 Å². The smallest absolute Gasteiger partial charge is 0.234 e. The zero-order valence-corrected chi connectivity index (χ0v) is 18.3. The highest BCUT2D eigenvalue weighted by molar-refractivity contribution is 5.88. The van der Waals surface area contributed by atoms with Gasteiger partial charge in [-0.25, -0.2) is 0 Å². The molecule has 5 heteroatoms. The second-order valence-electron chi connectivity index (χ2n) is 9.88. The summed E-state index contributed by atoms with van der Waals surface area (Å²) in [5, 5.41) is 6.31. The van der Waals surface area contributed by atoms with Crippen molar-refractivity contribution >= 4 is 11.8 Å². The third kappa shape index (κ3) is 5.81. The second-order valence-corrected chi connectivity index (χ2v) is 9.88. The standard InChI is InChI=1S/C24H37N3O2/c1-23(2,3)26-21(28)18-27-15-11-19(12-16-27)17-25-22(29)24(13-7-8-14-24)20-9-5-4-6-10-20/h4-6,9-10,19H,7-8,11-18H2,1-3H3,(H,25,29)(H,26,28). The Labute approximate surface area is 175 Å². The molecule has 1 saturated heterocycles. The van der Waals surface area contributed by atoms with E-state index in [0.29, 0.717) is 12.5 Å². The number of hydrogen-bond acceptors (Lipinski definition) is 3. The number of benzene rings is 1. The molecule has 2 aliphatic rings. The molecule has 5 nitrogen and oxygen atoms in total. The van der Waals surface area contributed by atoms with Gasteiger partial charge in [-0.05, 0) is 71.0 Å².